The van der Waals surface area contributed by atoms with Crippen molar-refractivity contribution in [2.45, 2.75) is 13.3 Å². The molecule has 1 heterocycles. The van der Waals surface area contributed by atoms with Gasteiger partial charge in [0.1, 0.15) is 16.7 Å². The maximum Gasteiger partial charge on any atom is 0.284 e. The molecule has 94 valence electrons. The zero-order chi connectivity index (χ0) is 13.3. The van der Waals surface area contributed by atoms with Gasteiger partial charge in [0.2, 0.25) is 0 Å². The van der Waals surface area contributed by atoms with Crippen LogP contribution in [0, 0.1) is 0 Å². The number of carbonyl (C=O) groups excluding carboxylic acids is 1. The Morgan fingerprint density at radius 3 is 2.72 bits per heavy atom. The minimum atomic E-state index is -0.742. The van der Waals surface area contributed by atoms with Crippen LogP contribution in [0.15, 0.2) is 27.4 Å². The van der Waals surface area contributed by atoms with Gasteiger partial charge in [-0.05, 0) is 18.6 Å². The van der Waals surface area contributed by atoms with Crippen molar-refractivity contribution in [3.8, 4) is 5.75 Å². The molecule has 2 rings (SSSR count). The molecule has 0 spiro atoms. The smallest absolute Gasteiger partial charge is 0.284 e. The number of methoxy groups -OCH3 is 1. The van der Waals surface area contributed by atoms with Gasteiger partial charge in [-0.2, -0.15) is 0 Å². The molecule has 0 aliphatic heterocycles. The number of rotatable bonds is 3. The molecule has 0 bridgehead atoms. The number of benzene rings is 1. The third kappa shape index (κ3) is 1.73. The lowest BCUT2D eigenvalue weighted by molar-refractivity contribution is 0.0973. The van der Waals surface area contributed by atoms with Gasteiger partial charge < -0.3 is 14.9 Å². The number of nitrogens with two attached hydrogens (primary N) is 1. The molecular weight excluding hydrogens is 234 g/mol. The third-order valence-corrected chi connectivity index (χ3v) is 2.77. The van der Waals surface area contributed by atoms with E-state index in [-0.39, 0.29) is 16.8 Å². The average Bonchev–Trinajstić information content (AvgIpc) is 2.37. The maximum atomic E-state index is 12.3. The predicted octanol–water partition coefficient (Wildman–Crippen LogP) is 1.46. The monoisotopic (exact) mass is 247 g/mol. The van der Waals surface area contributed by atoms with Crippen molar-refractivity contribution in [3.63, 3.8) is 0 Å². The first-order valence-corrected chi connectivity index (χ1v) is 5.52. The maximum absolute atomic E-state index is 12.3. The largest absolute Gasteiger partial charge is 0.496 e. The average molecular weight is 247 g/mol. The van der Waals surface area contributed by atoms with Gasteiger partial charge in [0.05, 0.1) is 7.11 Å². The molecule has 2 N–H and O–H groups in total. The van der Waals surface area contributed by atoms with Gasteiger partial charge in [-0.1, -0.05) is 13.0 Å². The summed E-state index contributed by atoms with van der Waals surface area (Å²) in [6.07, 6.45) is 0.370. The number of ether oxygens (including phenoxy) is 1. The molecule has 18 heavy (non-hydrogen) atoms. The van der Waals surface area contributed by atoms with E-state index in [2.05, 4.69) is 0 Å². The highest BCUT2D eigenvalue weighted by Gasteiger charge is 2.18. The van der Waals surface area contributed by atoms with Crippen LogP contribution in [0.4, 0.5) is 0 Å². The summed E-state index contributed by atoms with van der Waals surface area (Å²) < 4.78 is 10.5. The molecule has 1 amide bonds. The van der Waals surface area contributed by atoms with Crippen LogP contribution in [-0.4, -0.2) is 13.0 Å². The Morgan fingerprint density at radius 2 is 2.17 bits per heavy atom. The van der Waals surface area contributed by atoms with Crippen LogP contribution in [0.25, 0.3) is 11.0 Å². The van der Waals surface area contributed by atoms with E-state index in [0.29, 0.717) is 23.1 Å². The summed E-state index contributed by atoms with van der Waals surface area (Å²) in [6.45, 7) is 1.76. The minimum Gasteiger partial charge on any atom is -0.496 e. The number of carbonyl (C=O) groups is 1. The van der Waals surface area contributed by atoms with Crippen molar-refractivity contribution in [2.24, 2.45) is 5.73 Å². The molecule has 0 fully saturated rings. The first-order chi connectivity index (χ1) is 8.60. The van der Waals surface area contributed by atoms with E-state index in [9.17, 15) is 9.59 Å². The Labute approximate surface area is 103 Å². The lowest BCUT2D eigenvalue weighted by Crippen LogP contribution is -2.20. The summed E-state index contributed by atoms with van der Waals surface area (Å²) in [7, 11) is 1.47. The van der Waals surface area contributed by atoms with E-state index < -0.39 is 5.91 Å². The van der Waals surface area contributed by atoms with Crippen LogP contribution in [-0.2, 0) is 6.42 Å². The second-order valence-corrected chi connectivity index (χ2v) is 3.79. The number of fused-ring (bicyclic) bond motifs is 1. The van der Waals surface area contributed by atoms with Crippen LogP contribution in [0.3, 0.4) is 0 Å². The fourth-order valence-corrected chi connectivity index (χ4v) is 1.94. The molecule has 5 heteroatoms. The van der Waals surface area contributed by atoms with Crippen LogP contribution >= 0.6 is 0 Å². The van der Waals surface area contributed by atoms with Gasteiger partial charge in [0.15, 0.2) is 11.2 Å². The summed E-state index contributed by atoms with van der Waals surface area (Å²) in [4.78, 5) is 23.6. The van der Waals surface area contributed by atoms with Crippen molar-refractivity contribution in [2.75, 3.05) is 7.11 Å². The third-order valence-electron chi connectivity index (χ3n) is 2.77. The fourth-order valence-electron chi connectivity index (χ4n) is 1.94. The Bertz CT molecular complexity index is 672. The van der Waals surface area contributed by atoms with E-state index in [0.717, 1.165) is 0 Å². The van der Waals surface area contributed by atoms with Gasteiger partial charge in [0.25, 0.3) is 5.91 Å². The second kappa shape index (κ2) is 4.52. The number of amides is 1. The molecule has 5 nitrogen and oxygen atoms in total. The Kier molecular flexibility index (Phi) is 3.06. The number of primary amides is 1. The zero-order valence-corrected chi connectivity index (χ0v) is 10.1. The molecule has 0 saturated carbocycles. The lowest BCUT2D eigenvalue weighted by Gasteiger charge is -2.08. The topological polar surface area (TPSA) is 82.5 Å². The van der Waals surface area contributed by atoms with Gasteiger partial charge in [-0.15, -0.1) is 0 Å². The molecule has 0 saturated heterocycles. The molecule has 0 atom stereocenters. The van der Waals surface area contributed by atoms with Crippen LogP contribution < -0.4 is 15.9 Å². The van der Waals surface area contributed by atoms with Crippen molar-refractivity contribution in [1.29, 1.82) is 0 Å². The van der Waals surface area contributed by atoms with E-state index in [1.165, 1.54) is 7.11 Å². The van der Waals surface area contributed by atoms with Gasteiger partial charge in [-0.25, -0.2) is 0 Å². The second-order valence-electron chi connectivity index (χ2n) is 3.79. The normalized spacial score (nSPS) is 10.6. The van der Waals surface area contributed by atoms with E-state index in [1.807, 2.05) is 0 Å². The summed E-state index contributed by atoms with van der Waals surface area (Å²) in [5.74, 6) is -0.399. The molecule has 1 aromatic heterocycles. The standard InChI is InChI=1S/C13H13NO4/c1-3-7-11(15)10-8(17-2)5-4-6-9(10)18-12(7)13(14)16/h4-6H,3H2,1-2H3,(H2,14,16). The van der Waals surface area contributed by atoms with E-state index >= 15 is 0 Å². The fraction of sp³-hybridized carbons (Fsp3) is 0.231. The highest BCUT2D eigenvalue weighted by Crippen LogP contribution is 2.24. The quantitative estimate of drug-likeness (QED) is 0.890. The van der Waals surface area contributed by atoms with Crippen molar-refractivity contribution < 1.29 is 13.9 Å². The number of hydrogen-bond donors (Lipinski definition) is 1. The molecular formula is C13H13NO4. The highest BCUT2D eigenvalue weighted by atomic mass is 16.5. The van der Waals surface area contributed by atoms with Crippen molar-refractivity contribution in [3.05, 3.63) is 39.7 Å². The minimum absolute atomic E-state index is 0.0803. The SMILES string of the molecule is CCc1c(C(N)=O)oc2cccc(OC)c2c1=O. The summed E-state index contributed by atoms with van der Waals surface area (Å²) in [6, 6.07) is 4.95. The predicted molar refractivity (Wildman–Crippen MR) is 66.9 cm³/mol. The van der Waals surface area contributed by atoms with Crippen LogP contribution in [0.2, 0.25) is 0 Å². The molecule has 2 aromatic rings. The molecule has 0 aliphatic rings. The first kappa shape index (κ1) is 12.2. The van der Waals surface area contributed by atoms with Gasteiger partial charge >= 0.3 is 0 Å². The van der Waals surface area contributed by atoms with Crippen molar-refractivity contribution >= 4 is 16.9 Å². The Morgan fingerprint density at radius 1 is 1.44 bits per heavy atom. The van der Waals surface area contributed by atoms with E-state index in [4.69, 9.17) is 14.9 Å². The summed E-state index contributed by atoms with van der Waals surface area (Å²) in [5.41, 5.74) is 5.52. The van der Waals surface area contributed by atoms with E-state index in [1.54, 1.807) is 25.1 Å². The zero-order valence-electron chi connectivity index (χ0n) is 10.1. The van der Waals surface area contributed by atoms with Gasteiger partial charge in [-0.3, -0.25) is 9.59 Å². The Hall–Kier alpha value is -2.30. The van der Waals surface area contributed by atoms with Crippen LogP contribution in [0.1, 0.15) is 23.0 Å². The number of hydrogen-bond acceptors (Lipinski definition) is 4. The van der Waals surface area contributed by atoms with Crippen molar-refractivity contribution in [1.82, 2.24) is 0 Å². The summed E-state index contributed by atoms with van der Waals surface area (Å²) in [5, 5.41) is 0.335. The summed E-state index contributed by atoms with van der Waals surface area (Å²) >= 11 is 0. The highest BCUT2D eigenvalue weighted by molar-refractivity contribution is 5.94. The van der Waals surface area contributed by atoms with Gasteiger partial charge in [0, 0.05) is 5.56 Å². The molecule has 1 aromatic carbocycles. The molecule has 0 radical (unpaired) electrons. The first-order valence-electron chi connectivity index (χ1n) is 5.52. The Balaban J connectivity index is 2.96. The lowest BCUT2D eigenvalue weighted by atomic mass is 10.1. The molecule has 0 aliphatic carbocycles. The van der Waals surface area contributed by atoms with Crippen LogP contribution in [0.5, 0.6) is 5.75 Å². The molecule has 0 unspecified atom stereocenters.